The molecule has 6 nitrogen and oxygen atoms in total. The molecule has 7 heteroatoms. The van der Waals surface area contributed by atoms with Crippen LogP contribution in [0.2, 0.25) is 0 Å². The maximum Gasteiger partial charge on any atom is 0.302 e. The van der Waals surface area contributed by atoms with Crippen molar-refractivity contribution in [2.45, 2.75) is 56.2 Å². The summed E-state index contributed by atoms with van der Waals surface area (Å²) < 4.78 is 17.1. The summed E-state index contributed by atoms with van der Waals surface area (Å²) in [6.45, 7) is 3.99. The highest BCUT2D eigenvalue weighted by Gasteiger charge is 2.39. The molecule has 0 N–H and O–H groups in total. The number of fused-ring (bicyclic) bond motifs is 3. The number of pyridine rings is 1. The van der Waals surface area contributed by atoms with E-state index >= 15 is 0 Å². The second-order valence-corrected chi connectivity index (χ2v) is 8.57. The molecule has 1 saturated carbocycles. The van der Waals surface area contributed by atoms with E-state index < -0.39 is 0 Å². The van der Waals surface area contributed by atoms with Gasteiger partial charge in [0.15, 0.2) is 11.5 Å². The van der Waals surface area contributed by atoms with Crippen molar-refractivity contribution in [1.29, 1.82) is 0 Å². The Bertz CT molecular complexity index is 1010. The van der Waals surface area contributed by atoms with E-state index in [0.717, 1.165) is 46.9 Å². The van der Waals surface area contributed by atoms with Crippen molar-refractivity contribution >= 4 is 23.4 Å². The van der Waals surface area contributed by atoms with Crippen LogP contribution >= 0.6 is 11.8 Å². The summed E-state index contributed by atoms with van der Waals surface area (Å²) in [5.74, 6) is 1.35. The van der Waals surface area contributed by atoms with E-state index in [0.29, 0.717) is 12.4 Å². The van der Waals surface area contributed by atoms with Gasteiger partial charge in [-0.05, 0) is 62.3 Å². The average molecular weight is 441 g/mol. The lowest BCUT2D eigenvalue weighted by Crippen LogP contribution is -2.36. The third kappa shape index (κ3) is 4.28. The smallest absolute Gasteiger partial charge is 0.302 e. The number of aromatic nitrogens is 1. The number of carbonyl (C=O) groups is 1. The largest absolute Gasteiger partial charge is 0.493 e. The SMILES string of the molecule is CCOc1cc2c(cc1OC)C(c1cccnc1SC)=N[C@@H]1CC[C@@H](OC(C)=O)C[C@H]21. The molecule has 1 aromatic carbocycles. The summed E-state index contributed by atoms with van der Waals surface area (Å²) >= 11 is 1.62. The van der Waals surface area contributed by atoms with Gasteiger partial charge in [0.2, 0.25) is 0 Å². The molecule has 0 saturated heterocycles. The molecule has 31 heavy (non-hydrogen) atoms. The molecule has 0 spiro atoms. The van der Waals surface area contributed by atoms with E-state index in [1.807, 2.05) is 31.5 Å². The lowest BCUT2D eigenvalue weighted by Gasteiger charge is -2.38. The zero-order chi connectivity index (χ0) is 22.0. The van der Waals surface area contributed by atoms with E-state index in [1.165, 1.54) is 12.5 Å². The third-order valence-electron chi connectivity index (χ3n) is 5.90. The fourth-order valence-corrected chi connectivity index (χ4v) is 5.20. The Morgan fingerprint density at radius 2 is 2.06 bits per heavy atom. The molecule has 2 aromatic rings. The number of benzene rings is 1. The summed E-state index contributed by atoms with van der Waals surface area (Å²) in [6, 6.07) is 8.28. The van der Waals surface area contributed by atoms with Crippen molar-refractivity contribution in [2.75, 3.05) is 20.0 Å². The Labute approximate surface area is 187 Å². The Morgan fingerprint density at radius 3 is 2.77 bits per heavy atom. The highest BCUT2D eigenvalue weighted by atomic mass is 32.2. The number of methoxy groups -OCH3 is 1. The van der Waals surface area contributed by atoms with Gasteiger partial charge < -0.3 is 14.2 Å². The molecule has 3 atom stereocenters. The van der Waals surface area contributed by atoms with Crippen LogP contribution in [0.15, 0.2) is 40.5 Å². The zero-order valence-electron chi connectivity index (χ0n) is 18.4. The predicted octanol–water partition coefficient (Wildman–Crippen LogP) is 4.63. The standard InChI is InChI=1S/C24H28N2O4S/c1-5-29-22-12-17-18-11-15(30-14(2)27)8-9-20(18)26-23(19(17)13-21(22)28-3)16-7-6-10-25-24(16)31-4/h6-7,10,12-13,15,18,20H,5,8-9,11H2,1-4H3/t15-,18-,20-/m1/s1. The number of esters is 1. The first-order chi connectivity index (χ1) is 15.0. The molecule has 0 radical (unpaired) electrons. The van der Waals surface area contributed by atoms with Gasteiger partial charge in [-0.1, -0.05) is 0 Å². The number of nitrogens with zero attached hydrogens (tertiary/aromatic N) is 2. The van der Waals surface area contributed by atoms with Crippen molar-refractivity contribution in [2.24, 2.45) is 4.99 Å². The number of carbonyl (C=O) groups excluding carboxylic acids is 1. The van der Waals surface area contributed by atoms with E-state index in [1.54, 1.807) is 18.9 Å². The number of hydrogen-bond acceptors (Lipinski definition) is 7. The first-order valence-corrected chi connectivity index (χ1v) is 11.9. The first-order valence-electron chi connectivity index (χ1n) is 10.6. The summed E-state index contributed by atoms with van der Waals surface area (Å²) in [6.07, 6.45) is 6.21. The Kier molecular flexibility index (Phi) is 6.51. The monoisotopic (exact) mass is 440 g/mol. The second-order valence-electron chi connectivity index (χ2n) is 7.78. The summed E-state index contributed by atoms with van der Waals surface area (Å²) in [5.41, 5.74) is 4.18. The van der Waals surface area contributed by atoms with Crippen LogP contribution in [0.3, 0.4) is 0 Å². The van der Waals surface area contributed by atoms with E-state index in [-0.39, 0.29) is 24.0 Å². The van der Waals surface area contributed by atoms with Crippen LogP contribution in [-0.4, -0.2) is 48.8 Å². The predicted molar refractivity (Wildman–Crippen MR) is 122 cm³/mol. The third-order valence-corrected chi connectivity index (χ3v) is 6.62. The highest BCUT2D eigenvalue weighted by Crippen LogP contribution is 2.46. The number of thioether (sulfide) groups is 1. The molecule has 1 fully saturated rings. The lowest BCUT2D eigenvalue weighted by molar-refractivity contribution is -0.148. The van der Waals surface area contributed by atoms with Gasteiger partial charge >= 0.3 is 5.97 Å². The van der Waals surface area contributed by atoms with Crippen molar-refractivity contribution in [1.82, 2.24) is 4.98 Å². The molecule has 164 valence electrons. The number of ether oxygens (including phenoxy) is 3. The van der Waals surface area contributed by atoms with Crippen molar-refractivity contribution < 1.29 is 19.0 Å². The molecule has 1 aromatic heterocycles. The van der Waals surface area contributed by atoms with Crippen LogP contribution < -0.4 is 9.47 Å². The van der Waals surface area contributed by atoms with E-state index in [2.05, 4.69) is 17.1 Å². The topological polar surface area (TPSA) is 70.0 Å². The fraction of sp³-hybridized carbons (Fsp3) is 0.458. The molecule has 1 aliphatic carbocycles. The van der Waals surface area contributed by atoms with Gasteiger partial charge in [0.1, 0.15) is 11.1 Å². The molecule has 0 unspecified atom stereocenters. The van der Waals surface area contributed by atoms with Crippen LogP contribution in [0.4, 0.5) is 0 Å². The van der Waals surface area contributed by atoms with E-state index in [4.69, 9.17) is 19.2 Å². The van der Waals surface area contributed by atoms with Gasteiger partial charge in [-0.3, -0.25) is 9.79 Å². The Balaban J connectivity index is 1.85. The van der Waals surface area contributed by atoms with Gasteiger partial charge in [-0.2, -0.15) is 0 Å². The summed E-state index contributed by atoms with van der Waals surface area (Å²) in [5, 5.41) is 0.951. The zero-order valence-corrected chi connectivity index (χ0v) is 19.2. The molecule has 2 heterocycles. The first kappa shape index (κ1) is 21.7. The lowest BCUT2D eigenvalue weighted by atomic mass is 9.74. The number of rotatable bonds is 6. The Hall–Kier alpha value is -2.54. The second kappa shape index (κ2) is 9.30. The van der Waals surface area contributed by atoms with Gasteiger partial charge in [0, 0.05) is 30.2 Å². The molecule has 1 aliphatic heterocycles. The molecule has 0 bridgehead atoms. The van der Waals surface area contributed by atoms with Crippen molar-refractivity contribution in [3.63, 3.8) is 0 Å². The molecular weight excluding hydrogens is 412 g/mol. The molecule has 2 aliphatic rings. The van der Waals surface area contributed by atoms with Gasteiger partial charge in [-0.15, -0.1) is 11.8 Å². The van der Waals surface area contributed by atoms with Crippen LogP contribution in [0.1, 0.15) is 55.7 Å². The van der Waals surface area contributed by atoms with Crippen LogP contribution in [0.25, 0.3) is 0 Å². The van der Waals surface area contributed by atoms with Crippen LogP contribution in [-0.2, 0) is 9.53 Å². The summed E-state index contributed by atoms with van der Waals surface area (Å²) in [7, 11) is 1.65. The van der Waals surface area contributed by atoms with Crippen LogP contribution in [0.5, 0.6) is 11.5 Å². The Morgan fingerprint density at radius 1 is 1.23 bits per heavy atom. The normalized spacial score (nSPS) is 22.1. The number of aliphatic imine (C=N–C) groups is 1. The van der Waals surface area contributed by atoms with Crippen molar-refractivity contribution in [3.8, 4) is 11.5 Å². The fourth-order valence-electron chi connectivity index (χ4n) is 4.65. The quantitative estimate of drug-likeness (QED) is 0.482. The number of hydrogen-bond donors (Lipinski definition) is 0. The van der Waals surface area contributed by atoms with Gasteiger partial charge in [0.05, 0.1) is 25.5 Å². The average Bonchev–Trinajstić information content (AvgIpc) is 2.78. The molecule has 4 rings (SSSR count). The maximum absolute atomic E-state index is 11.6. The van der Waals surface area contributed by atoms with Crippen molar-refractivity contribution in [3.05, 3.63) is 47.2 Å². The highest BCUT2D eigenvalue weighted by molar-refractivity contribution is 7.98. The van der Waals surface area contributed by atoms with Crippen LogP contribution in [0, 0.1) is 0 Å². The minimum Gasteiger partial charge on any atom is -0.493 e. The minimum atomic E-state index is -0.228. The van der Waals surface area contributed by atoms with Gasteiger partial charge in [-0.25, -0.2) is 4.98 Å². The van der Waals surface area contributed by atoms with Gasteiger partial charge in [0.25, 0.3) is 0 Å². The maximum atomic E-state index is 11.6. The molecule has 0 amide bonds. The van der Waals surface area contributed by atoms with E-state index in [9.17, 15) is 4.79 Å². The summed E-state index contributed by atoms with van der Waals surface area (Å²) in [4.78, 5) is 21.3. The molecular formula is C24H28N2O4S. The minimum absolute atomic E-state index is 0.0823.